The molecule has 0 amide bonds. The van der Waals surface area contributed by atoms with Gasteiger partial charge in [0.25, 0.3) is 0 Å². The van der Waals surface area contributed by atoms with Gasteiger partial charge in [-0.3, -0.25) is 0 Å². The molecule has 1 N–H and O–H groups in total. The van der Waals surface area contributed by atoms with Crippen molar-refractivity contribution in [2.45, 2.75) is 31.6 Å². The van der Waals surface area contributed by atoms with Crippen LogP contribution < -0.4 is 5.32 Å². The van der Waals surface area contributed by atoms with Crippen LogP contribution in [0.15, 0.2) is 23.1 Å². The van der Waals surface area contributed by atoms with Gasteiger partial charge in [-0.25, -0.2) is 8.42 Å². The topological polar surface area (TPSA) is 70.0 Å². The Morgan fingerprint density at radius 3 is 2.60 bits per heavy atom. The Hall–Kier alpha value is -1.25. The summed E-state index contributed by atoms with van der Waals surface area (Å²) < 4.78 is 23.1. The Labute approximate surface area is 125 Å². The second-order valence-corrected chi connectivity index (χ2v) is 8.01. The van der Waals surface area contributed by atoms with Gasteiger partial charge in [0.2, 0.25) is 0 Å². The van der Waals surface area contributed by atoms with E-state index in [1.165, 1.54) is 12.1 Å². The van der Waals surface area contributed by atoms with Gasteiger partial charge in [-0.15, -0.1) is 0 Å². The van der Waals surface area contributed by atoms with Gasteiger partial charge in [0.15, 0.2) is 9.84 Å². The minimum absolute atomic E-state index is 0.0693. The van der Waals surface area contributed by atoms with Crippen molar-refractivity contribution in [1.82, 2.24) is 0 Å². The summed E-state index contributed by atoms with van der Waals surface area (Å²) in [4.78, 5) is 0.235. The van der Waals surface area contributed by atoms with Crippen molar-refractivity contribution in [2.24, 2.45) is 5.41 Å². The predicted molar refractivity (Wildman–Crippen MR) is 81.7 cm³/mol. The van der Waals surface area contributed by atoms with Crippen molar-refractivity contribution in [3.05, 3.63) is 23.2 Å². The van der Waals surface area contributed by atoms with Crippen LogP contribution in [0.2, 0.25) is 5.02 Å². The summed E-state index contributed by atoms with van der Waals surface area (Å²) >= 11 is 6.07. The van der Waals surface area contributed by atoms with E-state index >= 15 is 0 Å². The number of sulfone groups is 1. The third kappa shape index (κ3) is 5.03. The number of benzene rings is 1. The standard InChI is InChI=1S/C14H19ClN2O2S/c1-14(2,7-4-8-16)10-17-13-9-11(20(3,18)19)5-6-12(13)15/h5-6,9,17H,4,7,10H2,1-3H3. The van der Waals surface area contributed by atoms with Gasteiger partial charge < -0.3 is 5.32 Å². The van der Waals surface area contributed by atoms with E-state index in [0.29, 0.717) is 23.7 Å². The molecule has 110 valence electrons. The molecule has 0 aliphatic rings. The van der Waals surface area contributed by atoms with E-state index in [2.05, 4.69) is 11.4 Å². The molecule has 0 aliphatic heterocycles. The summed E-state index contributed by atoms with van der Waals surface area (Å²) in [5.41, 5.74) is 0.528. The number of hydrogen-bond donors (Lipinski definition) is 1. The number of nitrogens with zero attached hydrogens (tertiary/aromatic N) is 1. The van der Waals surface area contributed by atoms with Crippen LogP contribution in [0, 0.1) is 16.7 Å². The SMILES string of the molecule is CC(C)(CCC#N)CNc1cc(S(C)(=O)=O)ccc1Cl. The number of hydrogen-bond acceptors (Lipinski definition) is 4. The lowest BCUT2D eigenvalue weighted by molar-refractivity contribution is 0.364. The highest BCUT2D eigenvalue weighted by Gasteiger charge is 2.18. The van der Waals surface area contributed by atoms with E-state index in [1.807, 2.05) is 13.8 Å². The van der Waals surface area contributed by atoms with Crippen molar-refractivity contribution in [1.29, 1.82) is 5.26 Å². The summed E-state index contributed by atoms with van der Waals surface area (Å²) in [5, 5.41) is 12.3. The van der Waals surface area contributed by atoms with Crippen LogP contribution in [0.3, 0.4) is 0 Å². The summed E-state index contributed by atoms with van der Waals surface area (Å²) in [7, 11) is -3.25. The lowest BCUT2D eigenvalue weighted by Crippen LogP contribution is -2.23. The minimum atomic E-state index is -3.25. The van der Waals surface area contributed by atoms with Gasteiger partial charge in [-0.2, -0.15) is 5.26 Å². The summed E-state index contributed by atoms with van der Waals surface area (Å²) in [6.07, 6.45) is 2.42. The van der Waals surface area contributed by atoms with Crippen LogP contribution >= 0.6 is 11.6 Å². The first-order valence-electron chi connectivity index (χ1n) is 6.26. The molecule has 0 saturated heterocycles. The summed E-state index contributed by atoms with van der Waals surface area (Å²) in [6.45, 7) is 4.71. The van der Waals surface area contributed by atoms with Crippen LogP contribution in [-0.2, 0) is 9.84 Å². The zero-order chi connectivity index (χ0) is 15.4. The zero-order valence-electron chi connectivity index (χ0n) is 11.9. The molecule has 1 aromatic rings. The molecule has 1 rings (SSSR count). The first-order chi connectivity index (χ1) is 9.15. The van der Waals surface area contributed by atoms with Crippen LogP contribution in [0.1, 0.15) is 26.7 Å². The van der Waals surface area contributed by atoms with Gasteiger partial charge in [0.1, 0.15) is 0 Å². The molecule has 0 atom stereocenters. The Kier molecular flexibility index (Phi) is 5.43. The maximum absolute atomic E-state index is 11.5. The van der Waals surface area contributed by atoms with Crippen molar-refractivity contribution >= 4 is 27.1 Å². The summed E-state index contributed by atoms with van der Waals surface area (Å²) in [5.74, 6) is 0. The lowest BCUT2D eigenvalue weighted by atomic mass is 9.88. The van der Waals surface area contributed by atoms with Crippen LogP contribution in [-0.4, -0.2) is 21.2 Å². The van der Waals surface area contributed by atoms with E-state index < -0.39 is 9.84 Å². The first-order valence-corrected chi connectivity index (χ1v) is 8.53. The molecule has 6 heteroatoms. The van der Waals surface area contributed by atoms with E-state index in [4.69, 9.17) is 16.9 Å². The average Bonchev–Trinajstić information content (AvgIpc) is 2.34. The van der Waals surface area contributed by atoms with Gasteiger partial charge in [0, 0.05) is 19.2 Å². The Morgan fingerprint density at radius 1 is 1.40 bits per heavy atom. The summed E-state index contributed by atoms with van der Waals surface area (Å²) in [6, 6.07) is 6.73. The second kappa shape index (κ2) is 6.47. The number of anilines is 1. The fraction of sp³-hybridized carbons (Fsp3) is 0.500. The fourth-order valence-corrected chi connectivity index (χ4v) is 2.52. The van der Waals surface area contributed by atoms with E-state index in [9.17, 15) is 8.42 Å². The second-order valence-electron chi connectivity index (χ2n) is 5.59. The third-order valence-corrected chi connectivity index (χ3v) is 4.48. The van der Waals surface area contributed by atoms with Crippen molar-refractivity contribution < 1.29 is 8.42 Å². The molecule has 0 aromatic heterocycles. The molecule has 0 bridgehead atoms. The lowest BCUT2D eigenvalue weighted by Gasteiger charge is -2.24. The number of nitriles is 1. The first kappa shape index (κ1) is 16.8. The van der Waals surface area contributed by atoms with E-state index in [0.717, 1.165) is 12.7 Å². The molecule has 0 spiro atoms. The van der Waals surface area contributed by atoms with E-state index in [1.54, 1.807) is 6.07 Å². The Morgan fingerprint density at radius 2 is 2.05 bits per heavy atom. The smallest absolute Gasteiger partial charge is 0.175 e. The van der Waals surface area contributed by atoms with Crippen LogP contribution in [0.4, 0.5) is 5.69 Å². The molecule has 4 nitrogen and oxygen atoms in total. The predicted octanol–water partition coefficient (Wildman–Crippen LogP) is 3.49. The van der Waals surface area contributed by atoms with Crippen molar-refractivity contribution in [3.63, 3.8) is 0 Å². The molecule has 1 aromatic carbocycles. The zero-order valence-corrected chi connectivity index (χ0v) is 13.5. The maximum atomic E-state index is 11.5. The molecule has 0 saturated carbocycles. The Balaban J connectivity index is 2.86. The molecule has 0 fully saturated rings. The van der Waals surface area contributed by atoms with Gasteiger partial charge in [-0.05, 0) is 30.0 Å². The van der Waals surface area contributed by atoms with Crippen LogP contribution in [0.5, 0.6) is 0 Å². The average molecular weight is 315 g/mol. The molecule has 0 heterocycles. The van der Waals surface area contributed by atoms with E-state index in [-0.39, 0.29) is 10.3 Å². The molecule has 20 heavy (non-hydrogen) atoms. The van der Waals surface area contributed by atoms with Gasteiger partial charge in [0.05, 0.1) is 21.7 Å². The molecular weight excluding hydrogens is 296 g/mol. The largest absolute Gasteiger partial charge is 0.383 e. The van der Waals surface area contributed by atoms with Crippen molar-refractivity contribution in [3.8, 4) is 6.07 Å². The highest BCUT2D eigenvalue weighted by atomic mass is 35.5. The Bertz CT molecular complexity index is 619. The molecule has 0 aliphatic carbocycles. The van der Waals surface area contributed by atoms with Gasteiger partial charge in [-0.1, -0.05) is 25.4 Å². The molecular formula is C14H19ClN2O2S. The highest BCUT2D eigenvalue weighted by molar-refractivity contribution is 7.90. The molecule has 0 unspecified atom stereocenters. The highest BCUT2D eigenvalue weighted by Crippen LogP contribution is 2.28. The number of nitrogens with one attached hydrogen (secondary N) is 1. The van der Waals surface area contributed by atoms with Crippen LogP contribution in [0.25, 0.3) is 0 Å². The monoisotopic (exact) mass is 314 g/mol. The number of rotatable bonds is 6. The quantitative estimate of drug-likeness (QED) is 0.872. The third-order valence-electron chi connectivity index (χ3n) is 3.04. The van der Waals surface area contributed by atoms with Crippen molar-refractivity contribution in [2.75, 3.05) is 18.1 Å². The van der Waals surface area contributed by atoms with Gasteiger partial charge >= 0.3 is 0 Å². The molecule has 0 radical (unpaired) electrons. The maximum Gasteiger partial charge on any atom is 0.175 e. The normalized spacial score (nSPS) is 11.9. The number of halogens is 1. The fourth-order valence-electron chi connectivity index (χ4n) is 1.69. The minimum Gasteiger partial charge on any atom is -0.383 e.